The SMILES string of the molecule is CC1CCN(c2nccc(C(=O)NCc3ccccc3Cl)n2)CC1. The Bertz CT molecular complexity index is 714. The lowest BCUT2D eigenvalue weighted by atomic mass is 10.00. The van der Waals surface area contributed by atoms with Crippen LogP contribution in [0.3, 0.4) is 0 Å². The number of hydrogen-bond acceptors (Lipinski definition) is 4. The summed E-state index contributed by atoms with van der Waals surface area (Å²) in [5, 5.41) is 3.50. The van der Waals surface area contributed by atoms with Crippen LogP contribution >= 0.6 is 11.6 Å². The Morgan fingerprint density at radius 1 is 1.29 bits per heavy atom. The molecule has 0 saturated carbocycles. The summed E-state index contributed by atoms with van der Waals surface area (Å²) in [6.07, 6.45) is 3.91. The molecule has 1 fully saturated rings. The molecular formula is C18H21ClN4O. The second kappa shape index (κ2) is 7.62. The van der Waals surface area contributed by atoms with Crippen LogP contribution < -0.4 is 10.2 Å². The van der Waals surface area contributed by atoms with E-state index < -0.39 is 0 Å². The largest absolute Gasteiger partial charge is 0.347 e. The van der Waals surface area contributed by atoms with E-state index in [2.05, 4.69) is 27.1 Å². The molecule has 0 aliphatic carbocycles. The van der Waals surface area contributed by atoms with E-state index in [4.69, 9.17) is 11.6 Å². The third kappa shape index (κ3) is 4.03. The van der Waals surface area contributed by atoms with Crippen LogP contribution in [0.1, 0.15) is 35.8 Å². The van der Waals surface area contributed by atoms with Crippen molar-refractivity contribution in [2.24, 2.45) is 5.92 Å². The minimum absolute atomic E-state index is 0.219. The van der Waals surface area contributed by atoms with Gasteiger partial charge in [-0.3, -0.25) is 4.79 Å². The molecule has 1 amide bonds. The number of amides is 1. The van der Waals surface area contributed by atoms with E-state index in [1.807, 2.05) is 24.3 Å². The van der Waals surface area contributed by atoms with E-state index in [1.165, 1.54) is 0 Å². The van der Waals surface area contributed by atoms with Gasteiger partial charge in [0.05, 0.1) is 0 Å². The van der Waals surface area contributed by atoms with Crippen molar-refractivity contribution in [1.29, 1.82) is 0 Å². The second-order valence-corrected chi connectivity index (χ2v) is 6.59. The van der Waals surface area contributed by atoms with Crippen LogP contribution in [0.25, 0.3) is 0 Å². The van der Waals surface area contributed by atoms with Crippen LogP contribution in [-0.4, -0.2) is 29.0 Å². The minimum Gasteiger partial charge on any atom is -0.347 e. The Morgan fingerprint density at radius 3 is 2.79 bits per heavy atom. The van der Waals surface area contributed by atoms with Crippen LogP contribution in [0.2, 0.25) is 5.02 Å². The molecule has 0 bridgehead atoms. The van der Waals surface area contributed by atoms with Gasteiger partial charge in [-0.2, -0.15) is 0 Å². The van der Waals surface area contributed by atoms with Crippen molar-refractivity contribution in [3.63, 3.8) is 0 Å². The highest BCUT2D eigenvalue weighted by molar-refractivity contribution is 6.31. The average Bonchev–Trinajstić information content (AvgIpc) is 2.61. The average molecular weight is 345 g/mol. The molecule has 1 N–H and O–H groups in total. The van der Waals surface area contributed by atoms with Gasteiger partial charge in [0.2, 0.25) is 5.95 Å². The molecule has 0 radical (unpaired) electrons. The molecule has 1 aliphatic heterocycles. The summed E-state index contributed by atoms with van der Waals surface area (Å²) in [5.41, 5.74) is 1.26. The van der Waals surface area contributed by atoms with E-state index in [-0.39, 0.29) is 5.91 Å². The first-order valence-electron chi connectivity index (χ1n) is 8.23. The van der Waals surface area contributed by atoms with Crippen molar-refractivity contribution >= 4 is 23.5 Å². The molecule has 2 heterocycles. The lowest BCUT2D eigenvalue weighted by molar-refractivity contribution is 0.0946. The third-order valence-electron chi connectivity index (χ3n) is 4.34. The molecule has 1 aliphatic rings. The van der Waals surface area contributed by atoms with Gasteiger partial charge in [0.15, 0.2) is 0 Å². The summed E-state index contributed by atoms with van der Waals surface area (Å²) >= 11 is 6.11. The number of nitrogens with one attached hydrogen (secondary N) is 1. The fraction of sp³-hybridized carbons (Fsp3) is 0.389. The van der Waals surface area contributed by atoms with E-state index in [1.54, 1.807) is 12.3 Å². The number of anilines is 1. The molecule has 0 atom stereocenters. The zero-order valence-corrected chi connectivity index (χ0v) is 14.5. The third-order valence-corrected chi connectivity index (χ3v) is 4.71. The van der Waals surface area contributed by atoms with Gasteiger partial charge in [-0.15, -0.1) is 0 Å². The standard InChI is InChI=1S/C18H21ClN4O/c1-13-7-10-23(11-8-13)18-20-9-6-16(22-18)17(24)21-12-14-4-2-3-5-15(14)19/h2-6,9,13H,7-8,10-12H2,1H3,(H,21,24). The molecule has 0 spiro atoms. The fourth-order valence-electron chi connectivity index (χ4n) is 2.74. The highest BCUT2D eigenvalue weighted by atomic mass is 35.5. The smallest absolute Gasteiger partial charge is 0.270 e. The van der Waals surface area contributed by atoms with E-state index in [9.17, 15) is 4.79 Å². The van der Waals surface area contributed by atoms with Gasteiger partial charge in [0.1, 0.15) is 5.69 Å². The summed E-state index contributed by atoms with van der Waals surface area (Å²) in [4.78, 5) is 23.2. The zero-order chi connectivity index (χ0) is 16.9. The first kappa shape index (κ1) is 16.7. The van der Waals surface area contributed by atoms with Crippen molar-refractivity contribution in [2.45, 2.75) is 26.3 Å². The maximum Gasteiger partial charge on any atom is 0.270 e. The van der Waals surface area contributed by atoms with Crippen LogP contribution in [0.4, 0.5) is 5.95 Å². The number of halogens is 1. The Balaban J connectivity index is 1.65. The van der Waals surface area contributed by atoms with Gasteiger partial charge < -0.3 is 10.2 Å². The number of carbonyl (C=O) groups excluding carboxylic acids is 1. The lowest BCUT2D eigenvalue weighted by Crippen LogP contribution is -2.34. The number of aromatic nitrogens is 2. The Hall–Kier alpha value is -2.14. The van der Waals surface area contributed by atoms with Crippen molar-refractivity contribution in [3.8, 4) is 0 Å². The summed E-state index contributed by atoms with van der Waals surface area (Å²) in [6, 6.07) is 9.10. The minimum atomic E-state index is -0.219. The number of nitrogens with zero attached hydrogens (tertiary/aromatic N) is 3. The zero-order valence-electron chi connectivity index (χ0n) is 13.7. The number of benzene rings is 1. The number of rotatable bonds is 4. The van der Waals surface area contributed by atoms with Crippen molar-refractivity contribution in [2.75, 3.05) is 18.0 Å². The Labute approximate surface area is 147 Å². The van der Waals surface area contributed by atoms with E-state index in [0.717, 1.165) is 37.4 Å². The van der Waals surface area contributed by atoms with Gasteiger partial charge in [0, 0.05) is 30.9 Å². The van der Waals surface area contributed by atoms with Gasteiger partial charge in [-0.1, -0.05) is 36.7 Å². The Kier molecular flexibility index (Phi) is 5.30. The number of hydrogen-bond donors (Lipinski definition) is 1. The predicted octanol–water partition coefficient (Wildman–Crippen LogP) is 3.30. The highest BCUT2D eigenvalue weighted by Gasteiger charge is 2.19. The van der Waals surface area contributed by atoms with E-state index >= 15 is 0 Å². The molecule has 6 heteroatoms. The summed E-state index contributed by atoms with van der Waals surface area (Å²) in [7, 11) is 0. The van der Waals surface area contributed by atoms with Gasteiger partial charge in [-0.05, 0) is 36.5 Å². The van der Waals surface area contributed by atoms with E-state index in [0.29, 0.717) is 23.2 Å². The van der Waals surface area contributed by atoms with Crippen LogP contribution in [0.15, 0.2) is 36.5 Å². The summed E-state index contributed by atoms with van der Waals surface area (Å²) in [5.74, 6) is 1.15. The lowest BCUT2D eigenvalue weighted by Gasteiger charge is -2.30. The molecule has 126 valence electrons. The first-order chi connectivity index (χ1) is 11.6. The predicted molar refractivity (Wildman–Crippen MR) is 95.3 cm³/mol. The maximum atomic E-state index is 12.4. The fourth-order valence-corrected chi connectivity index (χ4v) is 2.95. The van der Waals surface area contributed by atoms with Gasteiger partial charge in [0.25, 0.3) is 5.91 Å². The van der Waals surface area contributed by atoms with Crippen molar-refractivity contribution in [1.82, 2.24) is 15.3 Å². The normalized spacial score (nSPS) is 15.3. The highest BCUT2D eigenvalue weighted by Crippen LogP contribution is 2.20. The molecule has 1 aromatic heterocycles. The van der Waals surface area contributed by atoms with Gasteiger partial charge >= 0.3 is 0 Å². The molecule has 24 heavy (non-hydrogen) atoms. The molecular weight excluding hydrogens is 324 g/mol. The van der Waals surface area contributed by atoms with Crippen LogP contribution in [0, 0.1) is 5.92 Å². The summed E-state index contributed by atoms with van der Waals surface area (Å²) in [6.45, 7) is 4.51. The van der Waals surface area contributed by atoms with Crippen LogP contribution in [0.5, 0.6) is 0 Å². The molecule has 5 nitrogen and oxygen atoms in total. The summed E-state index contributed by atoms with van der Waals surface area (Å²) < 4.78 is 0. The molecule has 1 aromatic carbocycles. The number of piperidine rings is 1. The number of carbonyl (C=O) groups is 1. The molecule has 3 rings (SSSR count). The first-order valence-corrected chi connectivity index (χ1v) is 8.61. The molecule has 0 unspecified atom stereocenters. The van der Waals surface area contributed by atoms with Crippen LogP contribution in [-0.2, 0) is 6.54 Å². The van der Waals surface area contributed by atoms with Crippen molar-refractivity contribution < 1.29 is 4.79 Å². The Morgan fingerprint density at radius 2 is 2.04 bits per heavy atom. The monoisotopic (exact) mass is 344 g/mol. The topological polar surface area (TPSA) is 58.1 Å². The molecule has 1 saturated heterocycles. The quantitative estimate of drug-likeness (QED) is 0.924. The molecule has 2 aromatic rings. The van der Waals surface area contributed by atoms with Crippen molar-refractivity contribution in [3.05, 3.63) is 52.8 Å². The second-order valence-electron chi connectivity index (χ2n) is 6.19. The van der Waals surface area contributed by atoms with Gasteiger partial charge in [-0.25, -0.2) is 9.97 Å². The maximum absolute atomic E-state index is 12.4.